The SMILES string of the molecule is CN1CCC(Nc2ccc3c(c2)CN(N)C3)CC1. The zero-order valence-electron chi connectivity index (χ0n) is 11.0. The summed E-state index contributed by atoms with van der Waals surface area (Å²) in [6.07, 6.45) is 2.47. The van der Waals surface area contributed by atoms with Crippen molar-refractivity contribution in [2.45, 2.75) is 32.0 Å². The highest BCUT2D eigenvalue weighted by molar-refractivity contribution is 5.50. The molecule has 1 fully saturated rings. The molecular formula is C14H22N4. The molecule has 0 spiro atoms. The molecule has 0 amide bonds. The predicted octanol–water partition coefficient (Wildman–Crippen LogP) is 1.38. The molecule has 0 aliphatic carbocycles. The average Bonchev–Trinajstić information content (AvgIpc) is 2.71. The molecule has 4 nitrogen and oxygen atoms in total. The van der Waals surface area contributed by atoms with Gasteiger partial charge in [0.15, 0.2) is 0 Å². The van der Waals surface area contributed by atoms with Crippen molar-refractivity contribution in [2.75, 3.05) is 25.5 Å². The lowest BCUT2D eigenvalue weighted by Crippen LogP contribution is -2.36. The largest absolute Gasteiger partial charge is 0.382 e. The summed E-state index contributed by atoms with van der Waals surface area (Å²) in [6, 6.07) is 7.28. The van der Waals surface area contributed by atoms with Gasteiger partial charge in [-0.3, -0.25) is 5.84 Å². The van der Waals surface area contributed by atoms with Crippen molar-refractivity contribution >= 4 is 5.69 Å². The van der Waals surface area contributed by atoms with Crippen molar-refractivity contribution in [1.29, 1.82) is 0 Å². The molecule has 18 heavy (non-hydrogen) atoms. The monoisotopic (exact) mass is 246 g/mol. The first kappa shape index (κ1) is 12.0. The number of nitrogens with zero attached hydrogens (tertiary/aromatic N) is 2. The van der Waals surface area contributed by atoms with E-state index in [1.807, 2.05) is 5.01 Å². The van der Waals surface area contributed by atoms with Crippen LogP contribution in [0.25, 0.3) is 0 Å². The van der Waals surface area contributed by atoms with Crippen molar-refractivity contribution < 1.29 is 0 Å². The van der Waals surface area contributed by atoms with Gasteiger partial charge in [-0.25, -0.2) is 5.01 Å². The maximum Gasteiger partial charge on any atom is 0.0387 e. The van der Waals surface area contributed by atoms with Crippen LogP contribution in [0.5, 0.6) is 0 Å². The highest BCUT2D eigenvalue weighted by atomic mass is 15.4. The summed E-state index contributed by atoms with van der Waals surface area (Å²) in [4.78, 5) is 2.40. The Morgan fingerprint density at radius 3 is 2.67 bits per heavy atom. The van der Waals surface area contributed by atoms with Crippen LogP contribution in [-0.2, 0) is 13.1 Å². The molecule has 0 radical (unpaired) electrons. The third kappa shape index (κ3) is 2.51. The van der Waals surface area contributed by atoms with E-state index in [1.54, 1.807) is 0 Å². The molecule has 0 saturated carbocycles. The van der Waals surface area contributed by atoms with Crippen LogP contribution in [0.2, 0.25) is 0 Å². The normalized spacial score (nSPS) is 22.1. The Bertz CT molecular complexity index is 424. The summed E-state index contributed by atoms with van der Waals surface area (Å²) in [6.45, 7) is 4.14. The zero-order valence-corrected chi connectivity index (χ0v) is 11.0. The zero-order chi connectivity index (χ0) is 12.5. The second kappa shape index (κ2) is 4.88. The van der Waals surface area contributed by atoms with Crippen LogP contribution in [-0.4, -0.2) is 36.1 Å². The first-order valence-corrected chi connectivity index (χ1v) is 6.77. The maximum atomic E-state index is 5.84. The van der Waals surface area contributed by atoms with Gasteiger partial charge in [-0.2, -0.15) is 0 Å². The number of hydrogen-bond donors (Lipinski definition) is 2. The van der Waals surface area contributed by atoms with Gasteiger partial charge < -0.3 is 10.2 Å². The first-order valence-electron chi connectivity index (χ1n) is 6.77. The molecule has 1 aromatic rings. The Labute approximate surface area is 109 Å². The number of benzene rings is 1. The second-order valence-electron chi connectivity index (χ2n) is 5.61. The first-order chi connectivity index (χ1) is 8.70. The molecular weight excluding hydrogens is 224 g/mol. The van der Waals surface area contributed by atoms with Gasteiger partial charge >= 0.3 is 0 Å². The Balaban J connectivity index is 1.65. The van der Waals surface area contributed by atoms with Crippen LogP contribution < -0.4 is 11.2 Å². The van der Waals surface area contributed by atoms with E-state index in [-0.39, 0.29) is 0 Å². The number of nitrogens with one attached hydrogen (secondary N) is 1. The number of anilines is 1. The van der Waals surface area contributed by atoms with Crippen molar-refractivity contribution in [3.05, 3.63) is 29.3 Å². The van der Waals surface area contributed by atoms with Gasteiger partial charge in [-0.05, 0) is 56.2 Å². The predicted molar refractivity (Wildman–Crippen MR) is 74.0 cm³/mol. The van der Waals surface area contributed by atoms with Crippen molar-refractivity contribution in [2.24, 2.45) is 5.84 Å². The number of nitrogens with two attached hydrogens (primary N) is 1. The number of hydrogen-bond acceptors (Lipinski definition) is 4. The van der Waals surface area contributed by atoms with Crippen LogP contribution in [0.15, 0.2) is 18.2 Å². The van der Waals surface area contributed by atoms with Gasteiger partial charge in [0.1, 0.15) is 0 Å². The molecule has 2 heterocycles. The molecule has 3 N–H and O–H groups in total. The molecule has 4 heteroatoms. The van der Waals surface area contributed by atoms with Crippen LogP contribution in [0.1, 0.15) is 24.0 Å². The minimum Gasteiger partial charge on any atom is -0.382 e. The van der Waals surface area contributed by atoms with E-state index >= 15 is 0 Å². The molecule has 0 bridgehead atoms. The quantitative estimate of drug-likeness (QED) is 0.774. The molecule has 0 atom stereocenters. The van der Waals surface area contributed by atoms with Crippen molar-refractivity contribution in [1.82, 2.24) is 9.91 Å². The smallest absolute Gasteiger partial charge is 0.0387 e. The highest BCUT2D eigenvalue weighted by Gasteiger charge is 2.19. The summed E-state index contributed by atoms with van der Waals surface area (Å²) < 4.78 is 0. The van der Waals surface area contributed by atoms with E-state index in [0.29, 0.717) is 6.04 Å². The Hall–Kier alpha value is -1.10. The molecule has 1 saturated heterocycles. The van der Waals surface area contributed by atoms with E-state index in [9.17, 15) is 0 Å². The van der Waals surface area contributed by atoms with Gasteiger partial charge in [0.05, 0.1) is 0 Å². The van der Waals surface area contributed by atoms with Gasteiger partial charge in [0.25, 0.3) is 0 Å². The van der Waals surface area contributed by atoms with E-state index in [2.05, 4.69) is 35.5 Å². The van der Waals surface area contributed by atoms with Crippen LogP contribution >= 0.6 is 0 Å². The molecule has 2 aliphatic heterocycles. The van der Waals surface area contributed by atoms with Gasteiger partial charge in [0.2, 0.25) is 0 Å². The fourth-order valence-electron chi connectivity index (χ4n) is 2.90. The fraction of sp³-hybridized carbons (Fsp3) is 0.571. The lowest BCUT2D eigenvalue weighted by Gasteiger charge is -2.30. The maximum absolute atomic E-state index is 5.84. The Morgan fingerprint density at radius 2 is 1.89 bits per heavy atom. The minimum absolute atomic E-state index is 0.620. The van der Waals surface area contributed by atoms with E-state index in [0.717, 1.165) is 13.1 Å². The molecule has 98 valence electrons. The van der Waals surface area contributed by atoms with Crippen LogP contribution in [0, 0.1) is 0 Å². The van der Waals surface area contributed by atoms with Crippen LogP contribution in [0.3, 0.4) is 0 Å². The minimum atomic E-state index is 0.620. The lowest BCUT2D eigenvalue weighted by molar-refractivity contribution is 0.264. The standard InChI is InChI=1S/C14H22N4/c1-17-6-4-13(5-7-17)16-14-3-2-11-9-18(15)10-12(11)8-14/h2-3,8,13,16H,4-7,9-10,15H2,1H3. The summed E-state index contributed by atoms with van der Waals surface area (Å²) in [5.41, 5.74) is 3.99. The van der Waals surface area contributed by atoms with Gasteiger partial charge in [0, 0.05) is 24.8 Å². The highest BCUT2D eigenvalue weighted by Crippen LogP contribution is 2.25. The molecule has 1 aromatic carbocycles. The summed E-state index contributed by atoms with van der Waals surface area (Å²) in [7, 11) is 2.20. The lowest BCUT2D eigenvalue weighted by atomic mass is 10.0. The summed E-state index contributed by atoms with van der Waals surface area (Å²) >= 11 is 0. The molecule has 3 rings (SSSR count). The summed E-state index contributed by atoms with van der Waals surface area (Å²) in [5, 5.41) is 5.53. The topological polar surface area (TPSA) is 44.5 Å². The fourth-order valence-corrected chi connectivity index (χ4v) is 2.90. The summed E-state index contributed by atoms with van der Waals surface area (Å²) in [5.74, 6) is 5.84. The number of piperidine rings is 1. The van der Waals surface area contributed by atoms with E-state index in [4.69, 9.17) is 5.84 Å². The van der Waals surface area contributed by atoms with Crippen molar-refractivity contribution in [3.63, 3.8) is 0 Å². The Morgan fingerprint density at radius 1 is 1.17 bits per heavy atom. The number of hydrazine groups is 1. The number of fused-ring (bicyclic) bond motifs is 1. The van der Waals surface area contributed by atoms with E-state index < -0.39 is 0 Å². The average molecular weight is 246 g/mol. The van der Waals surface area contributed by atoms with Crippen LogP contribution in [0.4, 0.5) is 5.69 Å². The van der Waals surface area contributed by atoms with E-state index in [1.165, 1.54) is 42.7 Å². The van der Waals surface area contributed by atoms with Gasteiger partial charge in [-0.1, -0.05) is 6.07 Å². The third-order valence-electron chi connectivity index (χ3n) is 4.04. The second-order valence-corrected chi connectivity index (χ2v) is 5.61. The third-order valence-corrected chi connectivity index (χ3v) is 4.04. The molecule has 0 unspecified atom stereocenters. The Kier molecular flexibility index (Phi) is 3.24. The number of rotatable bonds is 2. The molecule has 2 aliphatic rings. The molecule has 0 aromatic heterocycles. The van der Waals surface area contributed by atoms with Gasteiger partial charge in [-0.15, -0.1) is 0 Å². The van der Waals surface area contributed by atoms with Crippen molar-refractivity contribution in [3.8, 4) is 0 Å². The number of likely N-dealkylation sites (tertiary alicyclic amines) is 1.